The predicted octanol–water partition coefficient (Wildman–Crippen LogP) is 5.48. The molecule has 0 fully saturated rings. The van der Waals surface area contributed by atoms with Crippen LogP contribution in [-0.2, 0) is 6.18 Å². The highest BCUT2D eigenvalue weighted by molar-refractivity contribution is 5.60. The molecule has 0 saturated heterocycles. The second-order valence-electron chi connectivity index (χ2n) is 6.49. The van der Waals surface area contributed by atoms with Crippen LogP contribution in [-0.4, -0.2) is 31.1 Å². The second kappa shape index (κ2) is 8.95. The van der Waals surface area contributed by atoms with E-state index >= 15 is 0 Å². The molecule has 0 atom stereocenters. The molecular formula is C21H23F3N2O. The molecule has 144 valence electrons. The molecule has 0 aliphatic carbocycles. The molecule has 1 aliphatic heterocycles. The van der Waals surface area contributed by atoms with Crippen LogP contribution in [0.2, 0.25) is 0 Å². The van der Waals surface area contributed by atoms with Gasteiger partial charge in [-0.2, -0.15) is 13.2 Å². The van der Waals surface area contributed by atoms with E-state index in [0.717, 1.165) is 56.0 Å². The highest BCUT2D eigenvalue weighted by Crippen LogP contribution is 2.30. The van der Waals surface area contributed by atoms with E-state index in [0.29, 0.717) is 12.3 Å². The minimum Gasteiger partial charge on any atom is -0.494 e. The largest absolute Gasteiger partial charge is 0.494 e. The lowest BCUT2D eigenvalue weighted by atomic mass is 10.2. The third-order valence-corrected chi connectivity index (χ3v) is 4.38. The van der Waals surface area contributed by atoms with Crippen LogP contribution in [0.1, 0.15) is 18.4 Å². The molecule has 1 N–H and O–H groups in total. The first-order valence-electron chi connectivity index (χ1n) is 9.05. The first-order chi connectivity index (χ1) is 13.0. The summed E-state index contributed by atoms with van der Waals surface area (Å²) < 4.78 is 43.5. The molecule has 0 saturated carbocycles. The van der Waals surface area contributed by atoms with E-state index < -0.39 is 11.7 Å². The van der Waals surface area contributed by atoms with Gasteiger partial charge in [-0.25, -0.2) is 0 Å². The highest BCUT2D eigenvalue weighted by atomic mass is 19.4. The number of hydrogen-bond donors (Lipinski definition) is 1. The van der Waals surface area contributed by atoms with Gasteiger partial charge in [0.15, 0.2) is 0 Å². The number of rotatable bonds is 7. The summed E-state index contributed by atoms with van der Waals surface area (Å²) in [6.07, 6.45) is 2.19. The SMILES string of the molecule is FC(F)(F)c1ccc(Nc2ccc(OCCCN3CC=CCC3)cc2)cc1. The Balaban J connectivity index is 1.43. The zero-order valence-corrected chi connectivity index (χ0v) is 15.0. The third-order valence-electron chi connectivity index (χ3n) is 4.38. The fourth-order valence-electron chi connectivity index (χ4n) is 2.91. The van der Waals surface area contributed by atoms with Crippen LogP contribution in [0.5, 0.6) is 5.75 Å². The minimum absolute atomic E-state index is 0.604. The summed E-state index contributed by atoms with van der Waals surface area (Å²) in [5.41, 5.74) is 0.742. The number of nitrogens with one attached hydrogen (secondary N) is 1. The Morgan fingerprint density at radius 3 is 2.19 bits per heavy atom. The Bertz CT molecular complexity index is 740. The van der Waals surface area contributed by atoms with Crippen molar-refractivity contribution < 1.29 is 17.9 Å². The minimum atomic E-state index is -4.32. The maximum atomic E-state index is 12.6. The van der Waals surface area contributed by atoms with Gasteiger partial charge < -0.3 is 10.1 Å². The second-order valence-corrected chi connectivity index (χ2v) is 6.49. The standard InChI is InChI=1S/C21H23F3N2O/c22-21(23,24)17-5-7-18(8-6-17)25-19-9-11-20(12-10-19)27-16-4-15-26-13-2-1-3-14-26/h1-2,5-12,25H,3-4,13-16H2. The average molecular weight is 376 g/mol. The molecule has 3 rings (SSSR count). The molecule has 2 aromatic carbocycles. The molecule has 3 nitrogen and oxygen atoms in total. The molecule has 1 heterocycles. The number of alkyl halides is 3. The van der Waals surface area contributed by atoms with E-state index in [1.54, 1.807) is 0 Å². The number of halogens is 3. The fourth-order valence-corrected chi connectivity index (χ4v) is 2.91. The van der Waals surface area contributed by atoms with Crippen LogP contribution >= 0.6 is 0 Å². The summed E-state index contributed by atoms with van der Waals surface area (Å²) in [6.45, 7) is 3.81. The van der Waals surface area contributed by atoms with Gasteiger partial charge in [0.05, 0.1) is 12.2 Å². The summed E-state index contributed by atoms with van der Waals surface area (Å²) in [5, 5.41) is 3.08. The normalized spacial score (nSPS) is 14.9. The lowest BCUT2D eigenvalue weighted by molar-refractivity contribution is -0.137. The average Bonchev–Trinajstić information content (AvgIpc) is 2.67. The van der Waals surface area contributed by atoms with E-state index in [1.807, 2.05) is 24.3 Å². The maximum Gasteiger partial charge on any atom is 0.416 e. The van der Waals surface area contributed by atoms with Crippen molar-refractivity contribution in [2.24, 2.45) is 0 Å². The maximum absolute atomic E-state index is 12.6. The summed E-state index contributed by atoms with van der Waals surface area (Å²) >= 11 is 0. The Hall–Kier alpha value is -2.47. The monoisotopic (exact) mass is 376 g/mol. The molecule has 0 spiro atoms. The van der Waals surface area contributed by atoms with Crippen molar-refractivity contribution in [3.63, 3.8) is 0 Å². The molecular weight excluding hydrogens is 353 g/mol. The summed E-state index contributed by atoms with van der Waals surface area (Å²) in [5.74, 6) is 0.784. The Labute approximate surface area is 157 Å². The molecule has 0 unspecified atom stereocenters. The summed E-state index contributed by atoms with van der Waals surface area (Å²) in [6, 6.07) is 12.4. The lowest BCUT2D eigenvalue weighted by Gasteiger charge is -2.22. The van der Waals surface area contributed by atoms with E-state index in [4.69, 9.17) is 4.74 Å². The molecule has 27 heavy (non-hydrogen) atoms. The van der Waals surface area contributed by atoms with E-state index in [1.165, 1.54) is 12.1 Å². The van der Waals surface area contributed by atoms with E-state index in [9.17, 15) is 13.2 Å². The van der Waals surface area contributed by atoms with Gasteiger partial charge >= 0.3 is 6.18 Å². The number of nitrogens with zero attached hydrogens (tertiary/aromatic N) is 1. The van der Waals surface area contributed by atoms with Gasteiger partial charge in [0.2, 0.25) is 0 Å². The zero-order valence-electron chi connectivity index (χ0n) is 15.0. The number of benzene rings is 2. The van der Waals surface area contributed by atoms with Crippen LogP contribution in [0, 0.1) is 0 Å². The third kappa shape index (κ3) is 6.03. The van der Waals surface area contributed by atoms with Crippen molar-refractivity contribution in [3.8, 4) is 5.75 Å². The molecule has 2 aromatic rings. The van der Waals surface area contributed by atoms with Crippen LogP contribution in [0.4, 0.5) is 24.5 Å². The van der Waals surface area contributed by atoms with Crippen LogP contribution in [0.15, 0.2) is 60.7 Å². The van der Waals surface area contributed by atoms with Crippen molar-refractivity contribution in [2.45, 2.75) is 19.0 Å². The Morgan fingerprint density at radius 1 is 0.926 bits per heavy atom. The number of anilines is 2. The van der Waals surface area contributed by atoms with Gasteiger partial charge in [-0.1, -0.05) is 12.2 Å². The molecule has 1 aliphatic rings. The molecule has 6 heteroatoms. The molecule has 0 bridgehead atoms. The lowest BCUT2D eigenvalue weighted by Crippen LogP contribution is -2.29. The fraction of sp³-hybridized carbons (Fsp3) is 0.333. The topological polar surface area (TPSA) is 24.5 Å². The highest BCUT2D eigenvalue weighted by Gasteiger charge is 2.29. The summed E-state index contributed by atoms with van der Waals surface area (Å²) in [4.78, 5) is 2.40. The number of ether oxygens (including phenoxy) is 1. The number of hydrogen-bond acceptors (Lipinski definition) is 3. The van der Waals surface area contributed by atoms with Gasteiger partial charge in [-0.05, 0) is 61.4 Å². The molecule has 0 radical (unpaired) electrons. The van der Waals surface area contributed by atoms with Gasteiger partial charge in [-0.3, -0.25) is 4.90 Å². The first kappa shape index (κ1) is 19.3. The Morgan fingerprint density at radius 2 is 1.59 bits per heavy atom. The van der Waals surface area contributed by atoms with Gasteiger partial charge in [0.25, 0.3) is 0 Å². The van der Waals surface area contributed by atoms with Crippen LogP contribution in [0.3, 0.4) is 0 Å². The summed E-state index contributed by atoms with van der Waals surface area (Å²) in [7, 11) is 0. The Kier molecular flexibility index (Phi) is 6.40. The molecule has 0 aromatic heterocycles. The quantitative estimate of drug-likeness (QED) is 0.512. The predicted molar refractivity (Wildman–Crippen MR) is 101 cm³/mol. The van der Waals surface area contributed by atoms with Crippen LogP contribution < -0.4 is 10.1 Å². The van der Waals surface area contributed by atoms with Gasteiger partial charge in [0.1, 0.15) is 5.75 Å². The smallest absolute Gasteiger partial charge is 0.416 e. The van der Waals surface area contributed by atoms with Gasteiger partial charge in [-0.15, -0.1) is 0 Å². The van der Waals surface area contributed by atoms with E-state index in [2.05, 4.69) is 22.4 Å². The van der Waals surface area contributed by atoms with Crippen molar-refractivity contribution in [1.82, 2.24) is 4.90 Å². The molecule has 0 amide bonds. The van der Waals surface area contributed by atoms with Gasteiger partial charge in [0, 0.05) is 31.0 Å². The first-order valence-corrected chi connectivity index (χ1v) is 9.05. The zero-order chi connectivity index (χ0) is 19.1. The van der Waals surface area contributed by atoms with Crippen molar-refractivity contribution in [3.05, 3.63) is 66.2 Å². The van der Waals surface area contributed by atoms with Crippen molar-refractivity contribution in [2.75, 3.05) is 31.6 Å². The van der Waals surface area contributed by atoms with Crippen molar-refractivity contribution in [1.29, 1.82) is 0 Å². The van der Waals surface area contributed by atoms with Crippen molar-refractivity contribution >= 4 is 11.4 Å². The van der Waals surface area contributed by atoms with Crippen LogP contribution in [0.25, 0.3) is 0 Å². The van der Waals surface area contributed by atoms with E-state index in [-0.39, 0.29) is 0 Å².